The largest absolute Gasteiger partial charge is 0.388 e. The SMILES string of the molecule is Cc1cc(C)cc(-c2ccc([C@@H]3[C@@H](CC[C@H](O)c4ccc(F)cc4)C(=O)N3c3ccc(F)cc3)cc2)c1. The van der Waals surface area contributed by atoms with Gasteiger partial charge in [0, 0.05) is 5.69 Å². The van der Waals surface area contributed by atoms with Crippen molar-refractivity contribution < 1.29 is 18.7 Å². The van der Waals surface area contributed by atoms with E-state index in [0.717, 1.165) is 16.7 Å². The van der Waals surface area contributed by atoms with E-state index in [9.17, 15) is 18.7 Å². The molecule has 37 heavy (non-hydrogen) atoms. The first-order valence-corrected chi connectivity index (χ1v) is 12.5. The molecule has 188 valence electrons. The highest BCUT2D eigenvalue weighted by atomic mass is 19.1. The van der Waals surface area contributed by atoms with Gasteiger partial charge in [0.2, 0.25) is 5.91 Å². The Labute approximate surface area is 216 Å². The van der Waals surface area contributed by atoms with Gasteiger partial charge >= 0.3 is 0 Å². The molecule has 0 unspecified atom stereocenters. The molecule has 3 nitrogen and oxygen atoms in total. The fourth-order valence-corrected chi connectivity index (χ4v) is 5.30. The number of halogens is 2. The van der Waals surface area contributed by atoms with E-state index in [2.05, 4.69) is 44.2 Å². The van der Waals surface area contributed by atoms with Crippen molar-refractivity contribution in [2.75, 3.05) is 4.90 Å². The van der Waals surface area contributed by atoms with Crippen molar-refractivity contribution in [3.63, 3.8) is 0 Å². The van der Waals surface area contributed by atoms with E-state index in [1.165, 1.54) is 35.4 Å². The predicted octanol–water partition coefficient (Wildman–Crippen LogP) is 7.47. The number of rotatable bonds is 7. The third kappa shape index (κ3) is 5.18. The first kappa shape index (κ1) is 24.8. The van der Waals surface area contributed by atoms with Crippen molar-refractivity contribution in [1.29, 1.82) is 0 Å². The van der Waals surface area contributed by atoms with Crippen LogP contribution in [0.4, 0.5) is 14.5 Å². The average Bonchev–Trinajstić information content (AvgIpc) is 2.88. The number of hydrogen-bond acceptors (Lipinski definition) is 2. The predicted molar refractivity (Wildman–Crippen MR) is 142 cm³/mol. The van der Waals surface area contributed by atoms with Crippen LogP contribution in [0.3, 0.4) is 0 Å². The lowest BCUT2D eigenvalue weighted by Gasteiger charge is -2.48. The van der Waals surface area contributed by atoms with Crippen LogP contribution in [0.15, 0.2) is 91.0 Å². The molecule has 3 atom stereocenters. The number of aliphatic hydroxyl groups is 1. The Balaban J connectivity index is 1.41. The van der Waals surface area contributed by atoms with Crippen molar-refractivity contribution in [3.8, 4) is 11.1 Å². The minimum Gasteiger partial charge on any atom is -0.388 e. The first-order chi connectivity index (χ1) is 17.8. The Morgan fingerprint density at radius 1 is 0.784 bits per heavy atom. The fraction of sp³-hybridized carbons (Fsp3) is 0.219. The van der Waals surface area contributed by atoms with E-state index < -0.39 is 6.10 Å². The standard InChI is InChI=1S/C32H29F2NO2/c1-20-17-21(2)19-25(18-20)22-3-5-24(6-4-22)31-29(15-16-30(36)23-7-9-26(33)10-8-23)32(37)35(31)28-13-11-27(34)12-14-28/h3-14,17-19,29-31,36H,15-16H2,1-2H3/t29-,30+,31-/m1/s1. The maximum Gasteiger partial charge on any atom is 0.233 e. The summed E-state index contributed by atoms with van der Waals surface area (Å²) in [6.45, 7) is 4.16. The molecule has 5 heteroatoms. The van der Waals surface area contributed by atoms with E-state index in [1.807, 2.05) is 12.1 Å². The topological polar surface area (TPSA) is 40.5 Å². The zero-order chi connectivity index (χ0) is 26.1. The summed E-state index contributed by atoms with van der Waals surface area (Å²) in [4.78, 5) is 15.0. The number of aryl methyl sites for hydroxylation is 2. The molecule has 0 bridgehead atoms. The molecule has 1 fully saturated rings. The van der Waals surface area contributed by atoms with Crippen LogP contribution in [0.1, 0.15) is 47.2 Å². The van der Waals surface area contributed by atoms with Crippen LogP contribution >= 0.6 is 0 Å². The highest BCUT2D eigenvalue weighted by Crippen LogP contribution is 2.46. The van der Waals surface area contributed by atoms with Crippen LogP contribution in [0.2, 0.25) is 0 Å². The minimum atomic E-state index is -0.791. The van der Waals surface area contributed by atoms with Crippen LogP contribution in [0.25, 0.3) is 11.1 Å². The summed E-state index contributed by atoms with van der Waals surface area (Å²) >= 11 is 0. The Kier molecular flexibility index (Phi) is 6.90. The van der Waals surface area contributed by atoms with Crippen LogP contribution in [0, 0.1) is 31.4 Å². The van der Waals surface area contributed by atoms with E-state index in [1.54, 1.807) is 29.2 Å². The van der Waals surface area contributed by atoms with E-state index in [0.29, 0.717) is 24.1 Å². The van der Waals surface area contributed by atoms with Crippen molar-refractivity contribution >= 4 is 11.6 Å². The third-order valence-corrected chi connectivity index (χ3v) is 7.13. The monoisotopic (exact) mass is 497 g/mol. The fourth-order valence-electron chi connectivity index (χ4n) is 5.30. The highest BCUT2D eigenvalue weighted by Gasteiger charge is 2.48. The summed E-state index contributed by atoms with van der Waals surface area (Å²) in [7, 11) is 0. The summed E-state index contributed by atoms with van der Waals surface area (Å²) in [6, 6.07) is 26.2. The molecular weight excluding hydrogens is 468 g/mol. The van der Waals surface area contributed by atoms with Gasteiger partial charge in [-0.1, -0.05) is 65.7 Å². The van der Waals surface area contributed by atoms with Gasteiger partial charge in [-0.15, -0.1) is 0 Å². The lowest BCUT2D eigenvalue weighted by molar-refractivity contribution is -0.131. The summed E-state index contributed by atoms with van der Waals surface area (Å²) < 4.78 is 26.8. The summed E-state index contributed by atoms with van der Waals surface area (Å²) in [5.41, 5.74) is 6.89. The van der Waals surface area contributed by atoms with Crippen LogP contribution in [-0.4, -0.2) is 11.0 Å². The second-order valence-corrected chi connectivity index (χ2v) is 9.88. The second-order valence-electron chi connectivity index (χ2n) is 9.88. The molecule has 4 aromatic rings. The molecule has 0 radical (unpaired) electrons. The Bertz CT molecular complexity index is 1380. The molecule has 1 amide bonds. The van der Waals surface area contributed by atoms with Gasteiger partial charge in [0.15, 0.2) is 0 Å². The maximum atomic E-state index is 13.6. The van der Waals surface area contributed by atoms with E-state index in [-0.39, 0.29) is 29.5 Å². The Morgan fingerprint density at radius 3 is 1.95 bits per heavy atom. The number of carbonyl (C=O) groups excluding carboxylic acids is 1. The van der Waals surface area contributed by atoms with Gasteiger partial charge in [0.25, 0.3) is 0 Å². The van der Waals surface area contributed by atoms with Gasteiger partial charge in [0.1, 0.15) is 11.6 Å². The number of amides is 1. The lowest BCUT2D eigenvalue weighted by atomic mass is 9.78. The number of anilines is 1. The quantitative estimate of drug-likeness (QED) is 0.269. The normalized spacial score (nSPS) is 18.0. The van der Waals surface area contributed by atoms with Gasteiger partial charge in [-0.05, 0) is 85.3 Å². The number of benzene rings is 4. The van der Waals surface area contributed by atoms with Gasteiger partial charge < -0.3 is 10.0 Å². The third-order valence-electron chi connectivity index (χ3n) is 7.13. The minimum absolute atomic E-state index is 0.0544. The molecule has 0 saturated carbocycles. The molecule has 1 aliphatic rings. The van der Waals surface area contributed by atoms with Crippen molar-refractivity contribution in [2.45, 2.75) is 38.8 Å². The number of β-lactam (4-membered cyclic amide) rings is 1. The van der Waals surface area contributed by atoms with Gasteiger partial charge in [-0.25, -0.2) is 8.78 Å². The second kappa shape index (κ2) is 10.3. The zero-order valence-electron chi connectivity index (χ0n) is 20.9. The maximum absolute atomic E-state index is 13.6. The summed E-state index contributed by atoms with van der Waals surface area (Å²) in [5.74, 6) is -1.09. The number of carbonyl (C=O) groups is 1. The van der Waals surface area contributed by atoms with Crippen molar-refractivity contribution in [3.05, 3.63) is 125 Å². The number of nitrogens with zero attached hydrogens (tertiary/aromatic N) is 1. The summed E-state index contributed by atoms with van der Waals surface area (Å²) in [6.07, 6.45) is 0.0514. The Morgan fingerprint density at radius 2 is 1.35 bits per heavy atom. The molecule has 1 saturated heterocycles. The molecule has 1 heterocycles. The lowest BCUT2D eigenvalue weighted by Crippen LogP contribution is -2.55. The van der Waals surface area contributed by atoms with Gasteiger partial charge in [0.05, 0.1) is 18.1 Å². The molecule has 1 aliphatic heterocycles. The van der Waals surface area contributed by atoms with E-state index >= 15 is 0 Å². The summed E-state index contributed by atoms with van der Waals surface area (Å²) in [5, 5.41) is 10.7. The highest BCUT2D eigenvalue weighted by molar-refractivity contribution is 6.03. The molecular formula is C32H29F2NO2. The molecule has 1 N–H and O–H groups in total. The average molecular weight is 498 g/mol. The number of aliphatic hydroxyl groups excluding tert-OH is 1. The van der Waals surface area contributed by atoms with Gasteiger partial charge in [-0.3, -0.25) is 4.79 Å². The van der Waals surface area contributed by atoms with E-state index in [4.69, 9.17) is 0 Å². The van der Waals surface area contributed by atoms with Crippen LogP contribution in [0.5, 0.6) is 0 Å². The number of hydrogen-bond donors (Lipinski definition) is 1. The van der Waals surface area contributed by atoms with Crippen molar-refractivity contribution in [2.24, 2.45) is 5.92 Å². The van der Waals surface area contributed by atoms with Gasteiger partial charge in [-0.2, -0.15) is 0 Å². The van der Waals surface area contributed by atoms with Crippen LogP contribution < -0.4 is 4.90 Å². The smallest absolute Gasteiger partial charge is 0.233 e. The molecule has 4 aromatic carbocycles. The molecule has 0 spiro atoms. The van der Waals surface area contributed by atoms with Crippen LogP contribution in [-0.2, 0) is 4.79 Å². The van der Waals surface area contributed by atoms with Crippen molar-refractivity contribution in [1.82, 2.24) is 0 Å². The Hall–Kier alpha value is -3.83. The first-order valence-electron chi connectivity index (χ1n) is 12.5. The molecule has 0 aromatic heterocycles. The molecule has 0 aliphatic carbocycles. The zero-order valence-corrected chi connectivity index (χ0v) is 20.9. The molecule has 5 rings (SSSR count).